The Balaban J connectivity index is 2.04. The number of fused-ring (bicyclic) bond motifs is 1. The van der Waals surface area contributed by atoms with E-state index in [0.717, 1.165) is 17.0 Å². The van der Waals surface area contributed by atoms with Gasteiger partial charge in [-0.2, -0.15) is 0 Å². The molecule has 37 heavy (non-hydrogen) atoms. The van der Waals surface area contributed by atoms with Crippen molar-refractivity contribution in [3.05, 3.63) is 77.7 Å². The lowest BCUT2D eigenvalue weighted by atomic mass is 9.93. The Morgan fingerprint density at radius 1 is 1.14 bits per heavy atom. The molecule has 0 saturated heterocycles. The summed E-state index contributed by atoms with van der Waals surface area (Å²) in [6.45, 7) is 10.9. The van der Waals surface area contributed by atoms with Crippen LogP contribution in [0.2, 0.25) is 0 Å². The molecule has 1 aliphatic rings. The highest BCUT2D eigenvalue weighted by molar-refractivity contribution is 7.07. The molecule has 0 fully saturated rings. The van der Waals surface area contributed by atoms with Gasteiger partial charge in [0.2, 0.25) is 0 Å². The number of thiazole rings is 1. The smallest absolute Gasteiger partial charge is 0.271 e. The third-order valence-electron chi connectivity index (χ3n) is 7.14. The van der Waals surface area contributed by atoms with Crippen LogP contribution in [0.5, 0.6) is 11.5 Å². The van der Waals surface area contributed by atoms with Crippen LogP contribution in [0.15, 0.2) is 45.3 Å². The molecule has 0 saturated carbocycles. The van der Waals surface area contributed by atoms with Crippen molar-refractivity contribution in [1.29, 1.82) is 0 Å². The van der Waals surface area contributed by atoms with E-state index in [1.165, 1.54) is 11.3 Å². The maximum atomic E-state index is 14.0. The van der Waals surface area contributed by atoms with Crippen LogP contribution in [0.1, 0.15) is 49.3 Å². The molecule has 3 aromatic rings. The molecule has 0 radical (unpaired) electrons. The van der Waals surface area contributed by atoms with Gasteiger partial charge in [0.15, 0.2) is 4.80 Å². The summed E-state index contributed by atoms with van der Waals surface area (Å²) in [4.78, 5) is 34.9. The average molecular weight is 523 g/mol. The molecule has 0 aliphatic carbocycles. The van der Waals surface area contributed by atoms with Gasteiger partial charge >= 0.3 is 0 Å². The first-order valence-corrected chi connectivity index (χ1v) is 13.1. The zero-order chi connectivity index (χ0) is 27.0. The van der Waals surface area contributed by atoms with Crippen molar-refractivity contribution in [1.82, 2.24) is 14.0 Å². The number of ether oxygens (including phenoxy) is 2. The zero-order valence-corrected chi connectivity index (χ0v) is 23.5. The van der Waals surface area contributed by atoms with E-state index >= 15 is 0 Å². The monoisotopic (exact) mass is 522 g/mol. The number of carbonyl (C=O) groups is 1. The second kappa shape index (κ2) is 10.4. The van der Waals surface area contributed by atoms with Crippen LogP contribution in [-0.2, 0) is 11.8 Å². The Bertz CT molecular complexity index is 1570. The number of hydrogen-bond donors (Lipinski definition) is 0. The van der Waals surface area contributed by atoms with E-state index in [2.05, 4.69) is 10.6 Å². The van der Waals surface area contributed by atoms with E-state index < -0.39 is 6.04 Å². The van der Waals surface area contributed by atoms with Crippen LogP contribution < -0.4 is 24.4 Å². The molecule has 1 aromatic carbocycles. The predicted octanol–water partition coefficient (Wildman–Crippen LogP) is 3.08. The first kappa shape index (κ1) is 26.5. The fourth-order valence-corrected chi connectivity index (χ4v) is 5.83. The molecule has 2 aromatic heterocycles. The number of methoxy groups -OCH3 is 2. The van der Waals surface area contributed by atoms with Crippen molar-refractivity contribution >= 4 is 23.3 Å². The van der Waals surface area contributed by atoms with Gasteiger partial charge in [-0.3, -0.25) is 14.2 Å². The van der Waals surface area contributed by atoms with Crippen molar-refractivity contribution in [3.8, 4) is 11.5 Å². The van der Waals surface area contributed by atoms with E-state index in [0.29, 0.717) is 50.8 Å². The highest BCUT2D eigenvalue weighted by atomic mass is 32.1. The van der Waals surface area contributed by atoms with Gasteiger partial charge in [0, 0.05) is 37.1 Å². The summed E-state index contributed by atoms with van der Waals surface area (Å²) in [5.74, 6) is 1.02. The summed E-state index contributed by atoms with van der Waals surface area (Å²) >= 11 is 1.33. The molecule has 0 bridgehead atoms. The summed E-state index contributed by atoms with van der Waals surface area (Å²) < 4.78 is 15.5. The standard InChI is InChI=1S/C28H34N4O4S/c1-9-31(10-2)27(34)24-17(4)29-28-32(25(24)21-15-20(35-7)11-12-22(21)36-8)26(33)23(37-28)14-19-13-16(3)30(6)18(19)5/h11-15,25H,9-10H2,1-8H3/b23-14+/t25-/m0/s1. The number of rotatable bonds is 7. The summed E-state index contributed by atoms with van der Waals surface area (Å²) in [6.07, 6.45) is 1.91. The lowest BCUT2D eigenvalue weighted by Crippen LogP contribution is -2.43. The number of benzene rings is 1. The Labute approximate surface area is 220 Å². The second-order valence-electron chi connectivity index (χ2n) is 9.05. The Morgan fingerprint density at radius 2 is 1.84 bits per heavy atom. The minimum Gasteiger partial charge on any atom is -0.497 e. The molecule has 0 spiro atoms. The summed E-state index contributed by atoms with van der Waals surface area (Å²) in [5, 5.41) is 0. The van der Waals surface area contributed by atoms with Gasteiger partial charge in [-0.05, 0) is 70.5 Å². The van der Waals surface area contributed by atoms with Crippen LogP contribution in [-0.4, -0.2) is 47.3 Å². The first-order valence-electron chi connectivity index (χ1n) is 12.3. The third kappa shape index (κ3) is 4.52. The Hall–Kier alpha value is -3.59. The molecule has 4 rings (SSSR count). The second-order valence-corrected chi connectivity index (χ2v) is 10.1. The summed E-state index contributed by atoms with van der Waals surface area (Å²) in [5.41, 5.74) is 4.69. The van der Waals surface area contributed by atoms with Crippen LogP contribution in [0.4, 0.5) is 0 Å². The lowest BCUT2D eigenvalue weighted by Gasteiger charge is -2.30. The van der Waals surface area contributed by atoms with Crippen molar-refractivity contribution < 1.29 is 14.3 Å². The summed E-state index contributed by atoms with van der Waals surface area (Å²) in [7, 11) is 5.18. The summed E-state index contributed by atoms with van der Waals surface area (Å²) in [6, 6.07) is 6.79. The quantitative estimate of drug-likeness (QED) is 0.478. The predicted molar refractivity (Wildman–Crippen MR) is 146 cm³/mol. The van der Waals surface area contributed by atoms with Crippen molar-refractivity contribution in [2.45, 2.75) is 40.7 Å². The number of nitrogens with zero attached hydrogens (tertiary/aromatic N) is 4. The molecule has 196 valence electrons. The normalized spacial score (nSPS) is 15.5. The van der Waals surface area contributed by atoms with Gasteiger partial charge in [0.1, 0.15) is 17.5 Å². The minimum absolute atomic E-state index is 0.148. The highest BCUT2D eigenvalue weighted by Crippen LogP contribution is 2.38. The largest absolute Gasteiger partial charge is 0.497 e. The Kier molecular flexibility index (Phi) is 7.45. The molecular weight excluding hydrogens is 488 g/mol. The molecule has 1 amide bonds. The zero-order valence-electron chi connectivity index (χ0n) is 22.7. The van der Waals surface area contributed by atoms with E-state index in [-0.39, 0.29) is 11.5 Å². The SMILES string of the molecule is CCN(CC)C(=O)C1=C(C)N=c2s/c(=C/c3cc(C)n(C)c3C)c(=O)n2[C@H]1c1cc(OC)ccc1OC. The van der Waals surface area contributed by atoms with E-state index in [4.69, 9.17) is 14.5 Å². The third-order valence-corrected chi connectivity index (χ3v) is 8.12. The van der Waals surface area contributed by atoms with Gasteiger partial charge in [0.05, 0.1) is 30.0 Å². The molecule has 1 atom stereocenters. The number of carbonyl (C=O) groups excluding carboxylic acids is 1. The van der Waals surface area contributed by atoms with Crippen molar-refractivity contribution in [2.24, 2.45) is 12.0 Å². The highest BCUT2D eigenvalue weighted by Gasteiger charge is 2.36. The fourth-order valence-electron chi connectivity index (χ4n) is 4.80. The number of amides is 1. The molecule has 1 aliphatic heterocycles. The van der Waals surface area contributed by atoms with Gasteiger partial charge < -0.3 is 18.9 Å². The number of hydrogen-bond acceptors (Lipinski definition) is 6. The average Bonchev–Trinajstić information content (AvgIpc) is 3.32. The Morgan fingerprint density at radius 3 is 2.41 bits per heavy atom. The van der Waals surface area contributed by atoms with Gasteiger partial charge in [-0.25, -0.2) is 4.99 Å². The topological polar surface area (TPSA) is 78.1 Å². The van der Waals surface area contributed by atoms with Crippen LogP contribution in [0.25, 0.3) is 6.08 Å². The van der Waals surface area contributed by atoms with Gasteiger partial charge in [0.25, 0.3) is 11.5 Å². The molecule has 8 nitrogen and oxygen atoms in total. The van der Waals surface area contributed by atoms with Crippen LogP contribution >= 0.6 is 11.3 Å². The fraction of sp³-hybridized carbons (Fsp3) is 0.393. The maximum absolute atomic E-state index is 14.0. The number of allylic oxidation sites excluding steroid dienone is 1. The van der Waals surface area contributed by atoms with Crippen LogP contribution in [0.3, 0.4) is 0 Å². The molecule has 0 unspecified atom stereocenters. The van der Waals surface area contributed by atoms with E-state index in [1.54, 1.807) is 35.8 Å². The van der Waals surface area contributed by atoms with E-state index in [9.17, 15) is 9.59 Å². The number of likely N-dealkylation sites (N-methyl/N-ethyl adjacent to an activating group) is 1. The molecule has 0 N–H and O–H groups in total. The van der Waals surface area contributed by atoms with Crippen molar-refractivity contribution in [3.63, 3.8) is 0 Å². The molecular formula is C28H34N4O4S. The molecule has 9 heteroatoms. The number of aryl methyl sites for hydroxylation is 1. The number of aromatic nitrogens is 2. The van der Waals surface area contributed by atoms with Crippen molar-refractivity contribution in [2.75, 3.05) is 27.3 Å². The van der Waals surface area contributed by atoms with E-state index in [1.807, 2.05) is 53.8 Å². The van der Waals surface area contributed by atoms with Crippen LogP contribution in [0, 0.1) is 13.8 Å². The molecule has 3 heterocycles. The minimum atomic E-state index is -0.713. The maximum Gasteiger partial charge on any atom is 0.271 e. The first-order chi connectivity index (χ1) is 17.7. The lowest BCUT2D eigenvalue weighted by molar-refractivity contribution is -0.127. The van der Waals surface area contributed by atoms with Gasteiger partial charge in [-0.1, -0.05) is 11.3 Å². The van der Waals surface area contributed by atoms with Gasteiger partial charge in [-0.15, -0.1) is 0 Å².